The largest absolute Gasteiger partial charge is 0.463 e. The lowest BCUT2D eigenvalue weighted by atomic mass is 10.2. The van der Waals surface area contributed by atoms with Gasteiger partial charge in [0.15, 0.2) is 5.78 Å². The highest BCUT2D eigenvalue weighted by molar-refractivity contribution is 6.93. The third-order valence-electron chi connectivity index (χ3n) is 3.28. The molecule has 0 atom stereocenters. The molecule has 112 valence electrons. The fourth-order valence-electron chi connectivity index (χ4n) is 2.75. The van der Waals surface area contributed by atoms with Crippen LogP contribution in [0.25, 0.3) is 0 Å². The predicted molar refractivity (Wildman–Crippen MR) is 88.1 cm³/mol. The first kappa shape index (κ1) is 17.1. The molecule has 0 bridgehead atoms. The van der Waals surface area contributed by atoms with E-state index in [4.69, 9.17) is 4.74 Å². The smallest absolute Gasteiger partial charge is 0.331 e. The first-order chi connectivity index (χ1) is 8.98. The molecule has 0 saturated heterocycles. The molecule has 0 aromatic carbocycles. The normalized spacial score (nSPS) is 18.9. The number of rotatable bonds is 4. The third kappa shape index (κ3) is 3.79. The van der Waals surface area contributed by atoms with Crippen LogP contribution < -0.4 is 0 Å². The lowest BCUT2D eigenvalue weighted by Crippen LogP contribution is -2.34. The molecule has 0 unspecified atom stereocenters. The van der Waals surface area contributed by atoms with Gasteiger partial charge in [-0.15, -0.1) is 0 Å². The summed E-state index contributed by atoms with van der Waals surface area (Å²) in [6.07, 6.45) is 1.92. The molecule has 0 aromatic rings. The minimum Gasteiger partial charge on any atom is -0.463 e. The van der Waals surface area contributed by atoms with Crippen molar-refractivity contribution in [2.45, 2.75) is 52.6 Å². The van der Waals surface area contributed by atoms with Gasteiger partial charge in [0, 0.05) is 12.5 Å². The molecule has 0 N–H and O–H groups in total. The summed E-state index contributed by atoms with van der Waals surface area (Å²) in [5.41, 5.74) is 0.907. The molecule has 1 aliphatic rings. The van der Waals surface area contributed by atoms with Crippen molar-refractivity contribution < 1.29 is 14.3 Å². The van der Waals surface area contributed by atoms with Crippen LogP contribution in [-0.2, 0) is 14.3 Å². The van der Waals surface area contributed by atoms with Gasteiger partial charge in [-0.05, 0) is 17.7 Å². The maximum absolute atomic E-state index is 12.4. The second-order valence-electron chi connectivity index (χ2n) is 7.27. The first-order valence-electron chi connectivity index (χ1n) is 7.14. The lowest BCUT2D eigenvalue weighted by Gasteiger charge is -2.26. The number of hydrogen-bond donors (Lipinski definition) is 0. The SMILES string of the molecule is CCOC(=O)/C=C1\CC(=O)C([Si](C)(C)C)=C1[Si](C)(C)C. The second-order valence-corrected chi connectivity index (χ2v) is 17.3. The number of ether oxygens (including phenoxy) is 1. The Kier molecular flexibility index (Phi) is 4.97. The van der Waals surface area contributed by atoms with Crippen LogP contribution in [0.15, 0.2) is 22.0 Å². The van der Waals surface area contributed by atoms with Crippen molar-refractivity contribution in [2.24, 2.45) is 0 Å². The molecular weight excluding hydrogens is 284 g/mol. The molecule has 0 amide bonds. The van der Waals surface area contributed by atoms with Crippen LogP contribution >= 0.6 is 0 Å². The van der Waals surface area contributed by atoms with E-state index in [1.807, 2.05) is 0 Å². The van der Waals surface area contributed by atoms with Gasteiger partial charge in [-0.3, -0.25) is 4.79 Å². The van der Waals surface area contributed by atoms with E-state index in [1.165, 1.54) is 5.20 Å². The van der Waals surface area contributed by atoms with Gasteiger partial charge in [-0.25, -0.2) is 4.79 Å². The zero-order chi connectivity index (χ0) is 15.7. The van der Waals surface area contributed by atoms with Gasteiger partial charge in [0.25, 0.3) is 0 Å². The molecule has 0 spiro atoms. The number of esters is 1. The van der Waals surface area contributed by atoms with E-state index >= 15 is 0 Å². The van der Waals surface area contributed by atoms with Crippen LogP contribution in [0.1, 0.15) is 13.3 Å². The molecule has 20 heavy (non-hydrogen) atoms. The van der Waals surface area contributed by atoms with Crippen LogP contribution in [0.3, 0.4) is 0 Å². The second kappa shape index (κ2) is 5.81. The summed E-state index contributed by atoms with van der Waals surface area (Å²) in [6, 6.07) is 0. The van der Waals surface area contributed by atoms with Crippen molar-refractivity contribution >= 4 is 27.9 Å². The van der Waals surface area contributed by atoms with Crippen molar-refractivity contribution in [2.75, 3.05) is 6.61 Å². The van der Waals surface area contributed by atoms with Crippen molar-refractivity contribution in [3.05, 3.63) is 22.0 Å². The number of carbonyl (C=O) groups is 2. The maximum Gasteiger partial charge on any atom is 0.331 e. The number of carbonyl (C=O) groups excluding carboxylic acids is 2. The summed E-state index contributed by atoms with van der Waals surface area (Å²) in [5.74, 6) is -0.111. The molecule has 0 aliphatic heterocycles. The quantitative estimate of drug-likeness (QED) is 0.453. The van der Waals surface area contributed by atoms with Crippen LogP contribution in [-0.4, -0.2) is 34.5 Å². The van der Waals surface area contributed by atoms with E-state index < -0.39 is 16.1 Å². The minimum atomic E-state index is -1.70. The van der Waals surface area contributed by atoms with Crippen molar-refractivity contribution in [3.63, 3.8) is 0 Å². The average molecular weight is 311 g/mol. The summed E-state index contributed by atoms with van der Waals surface area (Å²) in [5, 5.41) is 2.25. The van der Waals surface area contributed by atoms with Crippen LogP contribution in [0.2, 0.25) is 39.3 Å². The first-order valence-corrected chi connectivity index (χ1v) is 14.1. The fourth-order valence-corrected chi connectivity index (χ4v) is 8.85. The highest BCUT2D eigenvalue weighted by atomic mass is 28.3. The molecule has 0 aromatic heterocycles. The Hall–Kier alpha value is -0.946. The molecule has 0 saturated carbocycles. The predicted octanol–water partition coefficient (Wildman–Crippen LogP) is 3.50. The van der Waals surface area contributed by atoms with Crippen LogP contribution in [0.4, 0.5) is 0 Å². The number of Topliss-reactive ketones (excluding diaryl/α,β-unsaturated/α-hetero) is 1. The van der Waals surface area contributed by atoms with Gasteiger partial charge in [0.1, 0.15) is 0 Å². The molecule has 3 nitrogen and oxygen atoms in total. The molecule has 5 heteroatoms. The van der Waals surface area contributed by atoms with Crippen molar-refractivity contribution in [3.8, 4) is 0 Å². The Balaban J connectivity index is 3.41. The Morgan fingerprint density at radius 1 is 1.10 bits per heavy atom. The van der Waals surface area contributed by atoms with Gasteiger partial charge in [-0.1, -0.05) is 44.5 Å². The number of allylic oxidation sites excluding steroid dienone is 3. The maximum atomic E-state index is 12.4. The van der Waals surface area contributed by atoms with Crippen LogP contribution in [0.5, 0.6) is 0 Å². The van der Waals surface area contributed by atoms with E-state index in [1.54, 1.807) is 13.0 Å². The number of ketones is 1. The highest BCUT2D eigenvalue weighted by Crippen LogP contribution is 2.39. The Bertz CT molecular complexity index is 488. The van der Waals surface area contributed by atoms with Gasteiger partial charge >= 0.3 is 5.97 Å². The topological polar surface area (TPSA) is 43.4 Å². The average Bonchev–Trinajstić information content (AvgIpc) is 2.53. The highest BCUT2D eigenvalue weighted by Gasteiger charge is 2.40. The van der Waals surface area contributed by atoms with Gasteiger partial charge < -0.3 is 4.74 Å². The van der Waals surface area contributed by atoms with Gasteiger partial charge in [0.05, 0.1) is 22.8 Å². The Morgan fingerprint density at radius 3 is 2.00 bits per heavy atom. The molecule has 0 radical (unpaired) electrons. The van der Waals surface area contributed by atoms with E-state index in [-0.39, 0.29) is 11.8 Å². The minimum absolute atomic E-state index is 0.220. The fraction of sp³-hybridized carbons (Fsp3) is 0.600. The summed E-state index contributed by atoms with van der Waals surface area (Å²) in [4.78, 5) is 24.2. The van der Waals surface area contributed by atoms with Gasteiger partial charge in [0.2, 0.25) is 0 Å². The zero-order valence-electron chi connectivity index (χ0n) is 13.7. The van der Waals surface area contributed by atoms with E-state index in [0.29, 0.717) is 13.0 Å². The van der Waals surface area contributed by atoms with E-state index in [2.05, 4.69) is 39.3 Å². The third-order valence-corrected chi connectivity index (χ3v) is 7.63. The molecule has 1 rings (SSSR count). The monoisotopic (exact) mass is 310 g/mol. The Morgan fingerprint density at radius 2 is 1.60 bits per heavy atom. The molecule has 0 heterocycles. The molecule has 0 fully saturated rings. The molecular formula is C15H26O3Si2. The standard InChI is InChI=1S/C15H26O3Si2/c1-8-18-13(17)10-11-9-12(16)15(20(5,6)7)14(11)19(2,3)4/h10H,8-9H2,1-7H3/b11-10+. The van der Waals surface area contributed by atoms with E-state index in [0.717, 1.165) is 10.8 Å². The lowest BCUT2D eigenvalue weighted by molar-refractivity contribution is -0.137. The Labute approximate surface area is 124 Å². The molecule has 1 aliphatic carbocycles. The van der Waals surface area contributed by atoms with Crippen LogP contribution in [0, 0.1) is 0 Å². The van der Waals surface area contributed by atoms with Gasteiger partial charge in [-0.2, -0.15) is 0 Å². The summed E-state index contributed by atoms with van der Waals surface area (Å²) in [6.45, 7) is 15.5. The number of hydrogen-bond acceptors (Lipinski definition) is 3. The zero-order valence-corrected chi connectivity index (χ0v) is 15.7. The van der Waals surface area contributed by atoms with E-state index in [9.17, 15) is 9.59 Å². The van der Waals surface area contributed by atoms with Crippen molar-refractivity contribution in [1.29, 1.82) is 0 Å². The summed E-state index contributed by atoms with van der Waals surface area (Å²) >= 11 is 0. The summed E-state index contributed by atoms with van der Waals surface area (Å²) < 4.78 is 5.00. The van der Waals surface area contributed by atoms with Crippen molar-refractivity contribution in [1.82, 2.24) is 0 Å². The summed E-state index contributed by atoms with van der Waals surface area (Å²) in [7, 11) is -3.37.